The van der Waals surface area contributed by atoms with Crippen molar-refractivity contribution in [2.75, 3.05) is 7.11 Å². The Morgan fingerprint density at radius 1 is 1.12 bits per heavy atom. The third kappa shape index (κ3) is 13.8. The summed E-state index contributed by atoms with van der Waals surface area (Å²) >= 11 is 0. The Morgan fingerprint density at radius 2 is 1.75 bits per heavy atom. The number of hydrogen-bond acceptors (Lipinski definition) is 4. The molecule has 4 nitrogen and oxygen atoms in total. The number of esters is 2. The van der Waals surface area contributed by atoms with Gasteiger partial charge in [0.05, 0.1) is 19.6 Å². The van der Waals surface area contributed by atoms with Gasteiger partial charge in [0.25, 0.3) is 0 Å². The third-order valence-electron chi connectivity index (χ3n) is 2.65. The van der Waals surface area contributed by atoms with Gasteiger partial charge >= 0.3 is 29.0 Å². The molecule has 0 fully saturated rings. The zero-order chi connectivity index (χ0) is 17.5. The number of methoxy groups -OCH3 is 1. The van der Waals surface area contributed by atoms with Crippen LogP contribution in [0.25, 0.3) is 0 Å². The van der Waals surface area contributed by atoms with Crippen LogP contribution in [0.5, 0.6) is 0 Å². The summed E-state index contributed by atoms with van der Waals surface area (Å²) in [6.07, 6.45) is 0.445. The fourth-order valence-corrected chi connectivity index (χ4v) is 1.33. The van der Waals surface area contributed by atoms with Crippen LogP contribution >= 0.6 is 0 Å². The molecule has 2 aromatic rings. The Bertz CT molecular complexity index is 484. The molecule has 0 radical (unpaired) electrons. The van der Waals surface area contributed by atoms with Gasteiger partial charge in [-0.05, 0) is 0 Å². The van der Waals surface area contributed by atoms with E-state index in [1.54, 1.807) is 20.8 Å². The van der Waals surface area contributed by atoms with E-state index in [4.69, 9.17) is 4.74 Å². The maximum absolute atomic E-state index is 10.7. The summed E-state index contributed by atoms with van der Waals surface area (Å²) in [6, 6.07) is 17.7. The molecule has 5 heteroatoms. The second-order valence-electron chi connectivity index (χ2n) is 4.95. The second kappa shape index (κ2) is 16.0. The summed E-state index contributed by atoms with van der Waals surface area (Å²) in [5.74, 6) is -0.295. The number of carbonyl (C=O) groups excluding carboxylic acids is 2. The van der Waals surface area contributed by atoms with E-state index in [0.717, 1.165) is 5.56 Å². The molecule has 0 heterocycles. The molecular formula is C19H26FeO4. The first-order valence-electron chi connectivity index (χ1n) is 7.62. The first-order chi connectivity index (χ1) is 11.0. The van der Waals surface area contributed by atoms with Crippen LogP contribution in [0.1, 0.15) is 32.8 Å². The molecule has 0 unspecified atom stereocenters. The summed E-state index contributed by atoms with van der Waals surface area (Å²) in [7, 11) is 1.39. The van der Waals surface area contributed by atoms with Crippen molar-refractivity contribution in [1.29, 1.82) is 0 Å². The molecule has 2 rings (SSSR count). The van der Waals surface area contributed by atoms with Crippen molar-refractivity contribution in [2.24, 2.45) is 5.92 Å². The van der Waals surface area contributed by atoms with Crippen LogP contribution in [-0.2, 0) is 42.7 Å². The molecule has 2 aromatic carbocycles. The predicted molar refractivity (Wildman–Crippen MR) is 91.0 cm³/mol. The Hall–Kier alpha value is -1.84. The summed E-state index contributed by atoms with van der Waals surface area (Å²) in [6.45, 7) is 5.78. The largest absolute Gasteiger partial charge is 2.00 e. The molecule has 0 saturated carbocycles. The van der Waals surface area contributed by atoms with Gasteiger partial charge in [0.1, 0.15) is 0 Å². The minimum Gasteiger partial charge on any atom is -0.469 e. The Labute approximate surface area is 155 Å². The standard InChI is InChI=1S/C9H11O2.C5H10O2.C5H5.Fe/c1-2-9(10)11-7-8-5-3-4-6-8;1-4(2)5(6)7-3;1-2-4-5-3-1;/h3-6H,2,7H2,1H3;4H,1-3H3;1-5H;/q-1;;-1;+2. The second-order valence-corrected chi connectivity index (χ2v) is 4.95. The van der Waals surface area contributed by atoms with E-state index in [-0.39, 0.29) is 34.9 Å². The molecule has 0 aromatic heterocycles. The molecule has 134 valence electrons. The van der Waals surface area contributed by atoms with E-state index in [0.29, 0.717) is 13.0 Å². The summed E-state index contributed by atoms with van der Waals surface area (Å²) in [4.78, 5) is 21.0. The maximum Gasteiger partial charge on any atom is 2.00 e. The minimum atomic E-state index is -0.153. The molecule has 0 aliphatic carbocycles. The van der Waals surface area contributed by atoms with Crippen LogP contribution in [0, 0.1) is 5.92 Å². The molecule has 0 aliphatic heterocycles. The topological polar surface area (TPSA) is 52.6 Å². The fraction of sp³-hybridized carbons (Fsp3) is 0.368. The molecule has 0 N–H and O–H groups in total. The van der Waals surface area contributed by atoms with Gasteiger partial charge in [-0.25, -0.2) is 24.3 Å². The van der Waals surface area contributed by atoms with E-state index < -0.39 is 0 Å². The molecule has 24 heavy (non-hydrogen) atoms. The van der Waals surface area contributed by atoms with Gasteiger partial charge in [-0.15, -0.1) is 5.56 Å². The molecule has 0 bridgehead atoms. The van der Waals surface area contributed by atoms with E-state index in [2.05, 4.69) is 4.74 Å². The van der Waals surface area contributed by atoms with Gasteiger partial charge < -0.3 is 9.47 Å². The normalized spacial score (nSPS) is 8.71. The summed E-state index contributed by atoms with van der Waals surface area (Å²) in [5.41, 5.74) is 1.05. The first kappa shape index (κ1) is 24.4. The van der Waals surface area contributed by atoms with Gasteiger partial charge in [-0.2, -0.15) is 30.3 Å². The maximum atomic E-state index is 10.7. The molecule has 0 atom stereocenters. The number of hydrogen-bond donors (Lipinski definition) is 0. The van der Waals surface area contributed by atoms with Crippen LogP contribution < -0.4 is 0 Å². The van der Waals surface area contributed by atoms with Crippen LogP contribution in [0.2, 0.25) is 0 Å². The van der Waals surface area contributed by atoms with Crippen LogP contribution in [0.4, 0.5) is 0 Å². The summed E-state index contributed by atoms with van der Waals surface area (Å²) < 4.78 is 9.27. The molecule has 0 amide bonds. The van der Waals surface area contributed by atoms with E-state index >= 15 is 0 Å². The van der Waals surface area contributed by atoms with Crippen LogP contribution in [0.3, 0.4) is 0 Å². The van der Waals surface area contributed by atoms with Crippen molar-refractivity contribution in [1.82, 2.24) is 0 Å². The number of rotatable bonds is 4. The smallest absolute Gasteiger partial charge is 0.469 e. The van der Waals surface area contributed by atoms with Crippen molar-refractivity contribution in [3.8, 4) is 0 Å². The Balaban J connectivity index is 0. The van der Waals surface area contributed by atoms with Crippen LogP contribution in [-0.4, -0.2) is 19.0 Å². The summed E-state index contributed by atoms with van der Waals surface area (Å²) in [5, 5.41) is 0. The van der Waals surface area contributed by atoms with Crippen LogP contribution in [0.15, 0.2) is 54.6 Å². The van der Waals surface area contributed by atoms with Crippen molar-refractivity contribution in [3.05, 3.63) is 60.2 Å². The predicted octanol–water partition coefficient (Wildman–Crippen LogP) is 4.08. The molecule has 0 aliphatic rings. The van der Waals surface area contributed by atoms with Crippen molar-refractivity contribution in [3.63, 3.8) is 0 Å². The average molecular weight is 374 g/mol. The zero-order valence-electron chi connectivity index (χ0n) is 14.7. The van der Waals surface area contributed by atoms with Gasteiger partial charge in [0, 0.05) is 6.42 Å². The van der Waals surface area contributed by atoms with Gasteiger partial charge in [0.15, 0.2) is 0 Å². The van der Waals surface area contributed by atoms with Gasteiger partial charge in [-0.1, -0.05) is 20.8 Å². The monoisotopic (exact) mass is 374 g/mol. The molecule has 0 saturated heterocycles. The first-order valence-corrected chi connectivity index (χ1v) is 7.62. The van der Waals surface area contributed by atoms with E-state index in [1.807, 2.05) is 54.6 Å². The van der Waals surface area contributed by atoms with Gasteiger partial charge in [0.2, 0.25) is 0 Å². The zero-order valence-corrected chi connectivity index (χ0v) is 15.8. The van der Waals surface area contributed by atoms with Crippen molar-refractivity contribution < 1.29 is 36.1 Å². The van der Waals surface area contributed by atoms with Gasteiger partial charge in [-0.3, -0.25) is 9.59 Å². The quantitative estimate of drug-likeness (QED) is 0.460. The van der Waals surface area contributed by atoms with Crippen molar-refractivity contribution in [2.45, 2.75) is 33.8 Å². The fourth-order valence-electron chi connectivity index (χ4n) is 1.33. The number of carbonyl (C=O) groups is 2. The third-order valence-corrected chi connectivity index (χ3v) is 2.65. The van der Waals surface area contributed by atoms with Crippen molar-refractivity contribution >= 4 is 11.9 Å². The minimum absolute atomic E-state index is 0. The Morgan fingerprint density at radius 3 is 2.04 bits per heavy atom. The SMILES string of the molecule is CCC(=O)OCc1ccc[cH-]1.COC(=O)C(C)C.[Fe+2].c1cc[cH-]c1. The average Bonchev–Trinajstić information content (AvgIpc) is 3.27. The Kier molecular flexibility index (Phi) is 16.3. The van der Waals surface area contributed by atoms with E-state index in [1.165, 1.54) is 7.11 Å². The van der Waals surface area contributed by atoms with E-state index in [9.17, 15) is 9.59 Å². The number of ether oxygens (including phenoxy) is 2. The molecule has 0 spiro atoms. The molecular weight excluding hydrogens is 348 g/mol.